The van der Waals surface area contributed by atoms with Crippen molar-refractivity contribution >= 4 is 5.91 Å². The lowest BCUT2D eigenvalue weighted by molar-refractivity contribution is 0.0951. The molecule has 0 bridgehead atoms. The van der Waals surface area contributed by atoms with E-state index in [1.54, 1.807) is 0 Å². The van der Waals surface area contributed by atoms with Crippen LogP contribution < -0.4 is 10.6 Å². The van der Waals surface area contributed by atoms with Gasteiger partial charge in [-0.25, -0.2) is 0 Å². The van der Waals surface area contributed by atoms with Crippen LogP contribution in [0.5, 0.6) is 0 Å². The summed E-state index contributed by atoms with van der Waals surface area (Å²) in [4.78, 5) is 12.3. The second-order valence-corrected chi connectivity index (χ2v) is 6.44. The average Bonchev–Trinajstić information content (AvgIpc) is 3.39. The molecule has 0 radical (unpaired) electrons. The van der Waals surface area contributed by atoms with E-state index in [9.17, 15) is 4.79 Å². The summed E-state index contributed by atoms with van der Waals surface area (Å²) in [6, 6.07) is 16.1. The van der Waals surface area contributed by atoms with Crippen LogP contribution in [0.4, 0.5) is 0 Å². The maximum atomic E-state index is 12.3. The molecule has 0 aliphatic heterocycles. The molecule has 1 aliphatic carbocycles. The van der Waals surface area contributed by atoms with Crippen molar-refractivity contribution in [3.05, 3.63) is 70.8 Å². The van der Waals surface area contributed by atoms with E-state index in [1.807, 2.05) is 30.3 Å². The molecule has 2 aromatic rings. The molecule has 0 spiro atoms. The van der Waals surface area contributed by atoms with Gasteiger partial charge in [0.15, 0.2) is 0 Å². The van der Waals surface area contributed by atoms with E-state index in [0.717, 1.165) is 35.7 Å². The standard InChI is InChI=1S/C20H24N2O/c1-15-5-7-17(8-6-15)14-22-20(23)19-4-2-3-18(11-19)13-21-12-16-9-10-16/h2-8,11,16,21H,9-10,12-14H2,1H3,(H,22,23). The number of carbonyl (C=O) groups excluding carboxylic acids is 1. The van der Waals surface area contributed by atoms with E-state index in [1.165, 1.54) is 18.4 Å². The maximum Gasteiger partial charge on any atom is 0.251 e. The molecule has 3 heteroatoms. The Labute approximate surface area is 138 Å². The molecule has 1 saturated carbocycles. The van der Waals surface area contributed by atoms with Crippen molar-refractivity contribution in [1.29, 1.82) is 0 Å². The topological polar surface area (TPSA) is 41.1 Å². The van der Waals surface area contributed by atoms with Gasteiger partial charge in [0.1, 0.15) is 0 Å². The van der Waals surface area contributed by atoms with E-state index in [-0.39, 0.29) is 5.91 Å². The zero-order valence-electron chi connectivity index (χ0n) is 13.6. The zero-order valence-corrected chi connectivity index (χ0v) is 13.6. The third-order valence-electron chi connectivity index (χ3n) is 4.22. The molecule has 0 aromatic heterocycles. The van der Waals surface area contributed by atoms with Crippen LogP contribution in [0.25, 0.3) is 0 Å². The Morgan fingerprint density at radius 3 is 2.57 bits per heavy atom. The molecule has 3 nitrogen and oxygen atoms in total. The molecule has 1 aliphatic rings. The first-order chi connectivity index (χ1) is 11.2. The van der Waals surface area contributed by atoms with Crippen LogP contribution >= 0.6 is 0 Å². The van der Waals surface area contributed by atoms with Crippen LogP contribution in [-0.4, -0.2) is 12.5 Å². The van der Waals surface area contributed by atoms with Gasteiger partial charge in [-0.1, -0.05) is 42.0 Å². The number of rotatable bonds is 7. The van der Waals surface area contributed by atoms with Crippen LogP contribution in [0.1, 0.15) is 39.9 Å². The van der Waals surface area contributed by atoms with Crippen LogP contribution in [0, 0.1) is 12.8 Å². The summed E-state index contributed by atoms with van der Waals surface area (Å²) in [6.07, 6.45) is 2.71. The van der Waals surface area contributed by atoms with E-state index in [2.05, 4.69) is 35.8 Å². The van der Waals surface area contributed by atoms with Crippen LogP contribution in [0.3, 0.4) is 0 Å². The van der Waals surface area contributed by atoms with Crippen LogP contribution in [0.15, 0.2) is 48.5 Å². The summed E-state index contributed by atoms with van der Waals surface area (Å²) in [5, 5.41) is 6.45. The molecular weight excluding hydrogens is 284 g/mol. The molecule has 1 amide bonds. The molecule has 0 saturated heterocycles. The van der Waals surface area contributed by atoms with Crippen LogP contribution in [0.2, 0.25) is 0 Å². The molecule has 2 aromatic carbocycles. The summed E-state index contributed by atoms with van der Waals surface area (Å²) in [5.74, 6) is 0.852. The van der Waals surface area contributed by atoms with Gasteiger partial charge in [-0.05, 0) is 55.5 Å². The molecular formula is C20H24N2O. The second kappa shape index (κ2) is 7.42. The van der Waals surface area contributed by atoms with Gasteiger partial charge in [-0.15, -0.1) is 0 Å². The van der Waals surface area contributed by atoms with Crippen LogP contribution in [-0.2, 0) is 13.1 Å². The van der Waals surface area contributed by atoms with Crippen molar-refractivity contribution in [2.24, 2.45) is 5.92 Å². The summed E-state index contributed by atoms with van der Waals surface area (Å²) < 4.78 is 0. The number of aryl methyl sites for hydroxylation is 1. The number of hydrogen-bond acceptors (Lipinski definition) is 2. The fourth-order valence-corrected chi connectivity index (χ4v) is 2.56. The van der Waals surface area contributed by atoms with E-state index >= 15 is 0 Å². The Hall–Kier alpha value is -2.13. The van der Waals surface area contributed by atoms with Gasteiger partial charge in [0.2, 0.25) is 0 Å². The lowest BCUT2D eigenvalue weighted by Crippen LogP contribution is -2.23. The fourth-order valence-electron chi connectivity index (χ4n) is 2.56. The first-order valence-corrected chi connectivity index (χ1v) is 8.34. The monoisotopic (exact) mass is 308 g/mol. The third kappa shape index (κ3) is 4.93. The van der Waals surface area contributed by atoms with Gasteiger partial charge in [-0.2, -0.15) is 0 Å². The normalized spacial score (nSPS) is 13.8. The lowest BCUT2D eigenvalue weighted by Gasteiger charge is -2.08. The second-order valence-electron chi connectivity index (χ2n) is 6.44. The molecule has 23 heavy (non-hydrogen) atoms. The van der Waals surface area contributed by atoms with Crippen molar-refractivity contribution in [2.45, 2.75) is 32.9 Å². The van der Waals surface area contributed by atoms with Crippen molar-refractivity contribution < 1.29 is 4.79 Å². The van der Waals surface area contributed by atoms with Gasteiger partial charge in [0.25, 0.3) is 5.91 Å². The smallest absolute Gasteiger partial charge is 0.251 e. The van der Waals surface area contributed by atoms with Gasteiger partial charge in [-0.3, -0.25) is 4.79 Å². The van der Waals surface area contributed by atoms with Crippen molar-refractivity contribution in [3.8, 4) is 0 Å². The predicted molar refractivity (Wildman–Crippen MR) is 93.2 cm³/mol. The van der Waals surface area contributed by atoms with Gasteiger partial charge < -0.3 is 10.6 Å². The highest BCUT2D eigenvalue weighted by molar-refractivity contribution is 5.94. The summed E-state index contributed by atoms with van der Waals surface area (Å²) in [5.41, 5.74) is 4.23. The Morgan fingerprint density at radius 1 is 1.04 bits per heavy atom. The lowest BCUT2D eigenvalue weighted by atomic mass is 10.1. The van der Waals surface area contributed by atoms with E-state index in [0.29, 0.717) is 6.54 Å². The number of benzene rings is 2. The number of amides is 1. The summed E-state index contributed by atoms with van der Waals surface area (Å²) >= 11 is 0. The zero-order chi connectivity index (χ0) is 16.1. The van der Waals surface area contributed by atoms with Crippen molar-refractivity contribution in [2.75, 3.05) is 6.54 Å². The van der Waals surface area contributed by atoms with Gasteiger partial charge in [0.05, 0.1) is 0 Å². The summed E-state index contributed by atoms with van der Waals surface area (Å²) in [7, 11) is 0. The Kier molecular flexibility index (Phi) is 5.09. The van der Waals surface area contributed by atoms with E-state index < -0.39 is 0 Å². The van der Waals surface area contributed by atoms with E-state index in [4.69, 9.17) is 0 Å². The first-order valence-electron chi connectivity index (χ1n) is 8.34. The highest BCUT2D eigenvalue weighted by Gasteiger charge is 2.20. The number of carbonyl (C=O) groups is 1. The SMILES string of the molecule is Cc1ccc(CNC(=O)c2cccc(CNCC3CC3)c2)cc1. The molecule has 2 N–H and O–H groups in total. The molecule has 120 valence electrons. The van der Waals surface area contributed by atoms with Crippen molar-refractivity contribution in [1.82, 2.24) is 10.6 Å². The summed E-state index contributed by atoms with van der Waals surface area (Å²) in [6.45, 7) is 4.54. The number of nitrogens with one attached hydrogen (secondary N) is 2. The number of hydrogen-bond donors (Lipinski definition) is 2. The Morgan fingerprint density at radius 2 is 1.83 bits per heavy atom. The van der Waals surface area contributed by atoms with Gasteiger partial charge >= 0.3 is 0 Å². The Bertz CT molecular complexity index is 660. The largest absolute Gasteiger partial charge is 0.348 e. The highest BCUT2D eigenvalue weighted by atomic mass is 16.1. The quantitative estimate of drug-likeness (QED) is 0.823. The fraction of sp³-hybridized carbons (Fsp3) is 0.350. The predicted octanol–water partition coefficient (Wildman–Crippen LogP) is 3.42. The minimum absolute atomic E-state index is 0.0189. The third-order valence-corrected chi connectivity index (χ3v) is 4.22. The highest BCUT2D eigenvalue weighted by Crippen LogP contribution is 2.27. The first kappa shape index (κ1) is 15.8. The molecule has 3 rings (SSSR count). The minimum Gasteiger partial charge on any atom is -0.348 e. The molecule has 1 fully saturated rings. The van der Waals surface area contributed by atoms with Crippen molar-refractivity contribution in [3.63, 3.8) is 0 Å². The average molecular weight is 308 g/mol. The Balaban J connectivity index is 1.52. The van der Waals surface area contributed by atoms with Gasteiger partial charge in [0, 0.05) is 18.7 Å². The minimum atomic E-state index is -0.0189. The molecule has 0 atom stereocenters. The maximum absolute atomic E-state index is 12.3. The molecule has 0 heterocycles. The molecule has 0 unspecified atom stereocenters.